The molecule has 5 nitrogen and oxygen atoms in total. The molecule has 1 aliphatic heterocycles. The number of hydrogen-bond acceptors (Lipinski definition) is 5. The summed E-state index contributed by atoms with van der Waals surface area (Å²) in [6.45, 7) is 8.66. The van der Waals surface area contributed by atoms with Gasteiger partial charge in [-0.2, -0.15) is 0 Å². The number of esters is 2. The van der Waals surface area contributed by atoms with Crippen LogP contribution >= 0.6 is 11.6 Å². The molecule has 0 saturated carbocycles. The van der Waals surface area contributed by atoms with Crippen molar-refractivity contribution in [3.8, 4) is 0 Å². The van der Waals surface area contributed by atoms with Crippen LogP contribution in [-0.2, 0) is 19.1 Å². The summed E-state index contributed by atoms with van der Waals surface area (Å²) in [5.74, 6) is -0.691. The summed E-state index contributed by atoms with van der Waals surface area (Å²) >= 11 is 6.47. The van der Waals surface area contributed by atoms with Gasteiger partial charge in [0.05, 0.1) is 11.0 Å². The largest absolute Gasteiger partial charge is 0.455 e. The molecule has 2 rings (SSSR count). The fourth-order valence-corrected chi connectivity index (χ4v) is 3.84. The number of aliphatic hydroxyl groups is 1. The average Bonchev–Trinajstić information content (AvgIpc) is 2.83. The maximum absolute atomic E-state index is 12.1. The van der Waals surface area contributed by atoms with Gasteiger partial charge in [0, 0.05) is 12.5 Å². The number of fused-ring (bicyclic) bond motifs is 1. The van der Waals surface area contributed by atoms with Gasteiger partial charge in [0.2, 0.25) is 0 Å². The molecule has 0 aromatic carbocycles. The zero-order chi connectivity index (χ0) is 21.1. The minimum absolute atomic E-state index is 0.309. The van der Waals surface area contributed by atoms with Crippen molar-refractivity contribution in [1.82, 2.24) is 0 Å². The quantitative estimate of drug-likeness (QED) is 0.394. The summed E-state index contributed by atoms with van der Waals surface area (Å²) in [4.78, 5) is 23.7. The van der Waals surface area contributed by atoms with Crippen LogP contribution in [0, 0.1) is 0 Å². The van der Waals surface area contributed by atoms with Crippen molar-refractivity contribution in [2.24, 2.45) is 0 Å². The van der Waals surface area contributed by atoms with Crippen molar-refractivity contribution in [2.75, 3.05) is 0 Å². The van der Waals surface area contributed by atoms with Crippen LogP contribution in [0.3, 0.4) is 0 Å². The molecule has 4 atom stereocenters. The Bertz CT molecular complexity index is 718. The molecule has 156 valence electrons. The predicted octanol–water partition coefficient (Wildman–Crippen LogP) is 4.38. The molecule has 0 fully saturated rings. The molecule has 0 aromatic heterocycles. The molecule has 6 heteroatoms. The van der Waals surface area contributed by atoms with Crippen LogP contribution in [0.15, 0.2) is 34.9 Å². The zero-order valence-electron chi connectivity index (χ0n) is 17.4. The van der Waals surface area contributed by atoms with Crippen molar-refractivity contribution in [3.63, 3.8) is 0 Å². The summed E-state index contributed by atoms with van der Waals surface area (Å²) < 4.78 is 11.1. The lowest BCUT2D eigenvalue weighted by molar-refractivity contribution is -0.151. The van der Waals surface area contributed by atoms with Gasteiger partial charge in [-0.1, -0.05) is 11.6 Å². The second-order valence-corrected chi connectivity index (χ2v) is 8.89. The first-order valence-corrected chi connectivity index (χ1v) is 10.2. The van der Waals surface area contributed by atoms with E-state index >= 15 is 0 Å². The van der Waals surface area contributed by atoms with Gasteiger partial charge in [-0.3, -0.25) is 4.79 Å². The normalized spacial score (nSPS) is 38.0. The van der Waals surface area contributed by atoms with Gasteiger partial charge in [-0.25, -0.2) is 4.79 Å². The minimum Gasteiger partial charge on any atom is -0.455 e. The van der Waals surface area contributed by atoms with Crippen molar-refractivity contribution in [3.05, 3.63) is 34.9 Å². The predicted molar refractivity (Wildman–Crippen MR) is 109 cm³/mol. The van der Waals surface area contributed by atoms with E-state index in [0.717, 1.165) is 11.1 Å². The Hall–Kier alpha value is -1.59. The Morgan fingerprint density at radius 3 is 2.64 bits per heavy atom. The first kappa shape index (κ1) is 22.7. The van der Waals surface area contributed by atoms with E-state index in [4.69, 9.17) is 21.1 Å². The first-order chi connectivity index (χ1) is 12.9. The van der Waals surface area contributed by atoms with Crippen LogP contribution in [0.1, 0.15) is 66.7 Å². The maximum Gasteiger partial charge on any atom is 0.334 e. The van der Waals surface area contributed by atoms with E-state index in [1.54, 1.807) is 13.8 Å². The number of carbonyl (C=O) groups is 2. The minimum atomic E-state index is -1.08. The fourth-order valence-electron chi connectivity index (χ4n) is 3.65. The van der Waals surface area contributed by atoms with Crippen LogP contribution in [-0.4, -0.2) is 39.7 Å². The maximum atomic E-state index is 12.1. The molecule has 28 heavy (non-hydrogen) atoms. The highest BCUT2D eigenvalue weighted by molar-refractivity contribution is 6.21. The Morgan fingerprint density at radius 1 is 1.32 bits per heavy atom. The smallest absolute Gasteiger partial charge is 0.334 e. The molecule has 0 saturated heterocycles. The van der Waals surface area contributed by atoms with Crippen LogP contribution < -0.4 is 0 Å². The fraction of sp³-hybridized carbons (Fsp3) is 0.636. The second kappa shape index (κ2) is 8.83. The van der Waals surface area contributed by atoms with Crippen molar-refractivity contribution < 1.29 is 24.2 Å². The number of rotatable bonds is 1. The van der Waals surface area contributed by atoms with Gasteiger partial charge in [0.25, 0.3) is 0 Å². The van der Waals surface area contributed by atoms with Gasteiger partial charge in [-0.15, -0.1) is 11.6 Å². The number of hydrogen-bond donors (Lipinski definition) is 1. The Kier molecular flexibility index (Phi) is 7.16. The summed E-state index contributed by atoms with van der Waals surface area (Å²) in [6, 6.07) is 0. The van der Waals surface area contributed by atoms with E-state index < -0.39 is 22.7 Å². The Balaban J connectivity index is 2.39. The van der Waals surface area contributed by atoms with Crippen molar-refractivity contribution in [1.29, 1.82) is 0 Å². The molecule has 0 bridgehead atoms. The lowest BCUT2D eigenvalue weighted by atomic mass is 9.88. The molecule has 0 spiro atoms. The third-order valence-corrected chi connectivity index (χ3v) is 6.23. The number of carbonyl (C=O) groups excluding carboxylic acids is 2. The highest BCUT2D eigenvalue weighted by Crippen LogP contribution is 2.34. The van der Waals surface area contributed by atoms with Crippen LogP contribution in [0.25, 0.3) is 0 Å². The lowest BCUT2D eigenvalue weighted by Crippen LogP contribution is -2.35. The highest BCUT2D eigenvalue weighted by atomic mass is 35.5. The molecular weight excluding hydrogens is 380 g/mol. The van der Waals surface area contributed by atoms with Gasteiger partial charge in [0.15, 0.2) is 0 Å². The summed E-state index contributed by atoms with van der Waals surface area (Å²) in [5.41, 5.74) is 0.662. The van der Waals surface area contributed by atoms with Gasteiger partial charge in [0.1, 0.15) is 11.7 Å². The van der Waals surface area contributed by atoms with Crippen molar-refractivity contribution in [2.45, 2.75) is 89.4 Å². The molecule has 1 heterocycles. The Morgan fingerprint density at radius 2 is 2.00 bits per heavy atom. The van der Waals surface area contributed by atoms with E-state index in [9.17, 15) is 14.7 Å². The SMILES string of the molecule is CC(=O)O[C@]1(C)/C=C/C[C@@](C)(O)C(Cl)CC/C(C)=C/[C@H]2OC(=O)C(C)=C2CC1. The van der Waals surface area contributed by atoms with Gasteiger partial charge in [-0.05, 0) is 77.5 Å². The molecule has 1 aliphatic carbocycles. The number of ether oxygens (including phenoxy) is 2. The number of alkyl halides is 1. The molecule has 0 radical (unpaired) electrons. The van der Waals surface area contributed by atoms with Gasteiger partial charge >= 0.3 is 11.9 Å². The summed E-state index contributed by atoms with van der Waals surface area (Å²) in [5, 5.41) is 10.3. The summed E-state index contributed by atoms with van der Waals surface area (Å²) in [7, 11) is 0. The van der Waals surface area contributed by atoms with E-state index in [-0.39, 0.29) is 11.9 Å². The number of allylic oxidation sites excluding steroid dienone is 1. The number of halogens is 1. The van der Waals surface area contributed by atoms with Crippen LogP contribution in [0.2, 0.25) is 0 Å². The van der Waals surface area contributed by atoms with E-state index in [2.05, 4.69) is 0 Å². The standard InChI is InChI=1S/C22H31ClO5/c1-14-7-8-19(23)22(5,26)11-6-10-21(4,28-16(3)24)12-9-17-15(2)20(25)27-18(17)13-14/h6,10,13,18-19,26H,7-9,11-12H2,1-5H3/b10-6+,14-13+/t18-,19?,21-,22-/m1/s1. The zero-order valence-corrected chi connectivity index (χ0v) is 18.1. The van der Waals surface area contributed by atoms with Crippen LogP contribution in [0.4, 0.5) is 0 Å². The van der Waals surface area contributed by atoms with Gasteiger partial charge < -0.3 is 14.6 Å². The molecular formula is C22H31ClO5. The Labute approximate surface area is 172 Å². The monoisotopic (exact) mass is 410 g/mol. The third-order valence-electron chi connectivity index (χ3n) is 5.54. The second-order valence-electron chi connectivity index (χ2n) is 8.37. The summed E-state index contributed by atoms with van der Waals surface area (Å²) in [6.07, 6.45) is 7.90. The molecule has 0 amide bonds. The van der Waals surface area contributed by atoms with E-state index in [0.29, 0.717) is 37.7 Å². The molecule has 1 N–H and O–H groups in total. The lowest BCUT2D eigenvalue weighted by Gasteiger charge is -2.30. The molecule has 1 unspecified atom stereocenters. The molecule has 2 aliphatic rings. The third kappa shape index (κ3) is 5.71. The van der Waals surface area contributed by atoms with Crippen LogP contribution in [0.5, 0.6) is 0 Å². The highest BCUT2D eigenvalue weighted by Gasteiger charge is 2.34. The molecule has 0 aromatic rings. The average molecular weight is 411 g/mol. The van der Waals surface area contributed by atoms with Crippen molar-refractivity contribution >= 4 is 23.5 Å². The topological polar surface area (TPSA) is 72.8 Å². The first-order valence-electron chi connectivity index (χ1n) is 9.75. The van der Waals surface area contributed by atoms with E-state index in [1.165, 1.54) is 6.92 Å². The van der Waals surface area contributed by atoms with E-state index in [1.807, 2.05) is 32.1 Å².